The van der Waals surface area contributed by atoms with Gasteiger partial charge in [0.15, 0.2) is 0 Å². The van der Waals surface area contributed by atoms with Crippen molar-refractivity contribution in [1.29, 1.82) is 0 Å². The van der Waals surface area contributed by atoms with Crippen LogP contribution in [0.5, 0.6) is 0 Å². The van der Waals surface area contributed by atoms with Crippen molar-refractivity contribution in [2.75, 3.05) is 6.61 Å². The molecule has 0 aromatic carbocycles. The van der Waals surface area contributed by atoms with Crippen LogP contribution in [0.1, 0.15) is 34.1 Å². The Labute approximate surface area is 87.5 Å². The highest BCUT2D eigenvalue weighted by molar-refractivity contribution is 5.14. The Morgan fingerprint density at radius 3 is 2.79 bits per heavy atom. The van der Waals surface area contributed by atoms with Gasteiger partial charge in [0.25, 0.3) is 0 Å². The summed E-state index contributed by atoms with van der Waals surface area (Å²) < 4.78 is 6.01. The molecule has 0 amide bonds. The Hall–Kier alpha value is -0.300. The van der Waals surface area contributed by atoms with Gasteiger partial charge >= 0.3 is 0 Å². The fourth-order valence-electron chi connectivity index (χ4n) is 3.02. The molecule has 0 saturated carbocycles. The van der Waals surface area contributed by atoms with E-state index in [1.54, 1.807) is 5.57 Å². The Balaban J connectivity index is 2.20. The second-order valence-electron chi connectivity index (χ2n) is 5.41. The Morgan fingerprint density at radius 2 is 2.14 bits per heavy atom. The van der Waals surface area contributed by atoms with Crippen molar-refractivity contribution in [2.24, 2.45) is 23.7 Å². The third-order valence-corrected chi connectivity index (χ3v) is 3.97. The third-order valence-electron chi connectivity index (χ3n) is 3.97. The molecule has 1 nitrogen and oxygen atoms in total. The van der Waals surface area contributed by atoms with Crippen LogP contribution >= 0.6 is 0 Å². The molecule has 4 atom stereocenters. The molecular formula is C13H22O. The Bertz CT molecular complexity index is 242. The first-order chi connectivity index (χ1) is 6.59. The van der Waals surface area contributed by atoms with E-state index >= 15 is 0 Å². The van der Waals surface area contributed by atoms with E-state index in [9.17, 15) is 0 Å². The Morgan fingerprint density at radius 1 is 1.43 bits per heavy atom. The minimum Gasteiger partial charge on any atom is -0.377 e. The van der Waals surface area contributed by atoms with Crippen molar-refractivity contribution in [2.45, 2.75) is 40.2 Å². The molecule has 14 heavy (non-hydrogen) atoms. The van der Waals surface area contributed by atoms with Crippen molar-refractivity contribution in [1.82, 2.24) is 0 Å². The summed E-state index contributed by atoms with van der Waals surface area (Å²) in [4.78, 5) is 0. The van der Waals surface area contributed by atoms with Crippen LogP contribution in [0.4, 0.5) is 0 Å². The summed E-state index contributed by atoms with van der Waals surface area (Å²) in [5, 5.41) is 0. The first kappa shape index (κ1) is 10.2. The van der Waals surface area contributed by atoms with E-state index in [1.165, 1.54) is 6.42 Å². The fourth-order valence-corrected chi connectivity index (χ4v) is 3.02. The smallest absolute Gasteiger partial charge is 0.0663 e. The highest BCUT2D eigenvalue weighted by Gasteiger charge is 2.38. The molecule has 2 rings (SSSR count). The normalized spacial score (nSPS) is 42.5. The van der Waals surface area contributed by atoms with Crippen molar-refractivity contribution >= 4 is 0 Å². The quantitative estimate of drug-likeness (QED) is 0.582. The van der Waals surface area contributed by atoms with E-state index < -0.39 is 0 Å². The largest absolute Gasteiger partial charge is 0.377 e. The maximum atomic E-state index is 6.01. The number of rotatable bonds is 1. The number of fused-ring (bicyclic) bond motifs is 2. The highest BCUT2D eigenvalue weighted by atomic mass is 16.5. The van der Waals surface area contributed by atoms with Crippen molar-refractivity contribution in [3.05, 3.63) is 11.6 Å². The van der Waals surface area contributed by atoms with Crippen LogP contribution < -0.4 is 0 Å². The summed E-state index contributed by atoms with van der Waals surface area (Å²) in [6, 6.07) is 0. The van der Waals surface area contributed by atoms with E-state index in [2.05, 4.69) is 33.8 Å². The van der Waals surface area contributed by atoms with Crippen LogP contribution in [0.3, 0.4) is 0 Å². The van der Waals surface area contributed by atoms with E-state index in [0.29, 0.717) is 17.9 Å². The zero-order valence-corrected chi connectivity index (χ0v) is 9.79. The van der Waals surface area contributed by atoms with Crippen LogP contribution in [0.25, 0.3) is 0 Å². The van der Waals surface area contributed by atoms with Gasteiger partial charge in [0.05, 0.1) is 12.7 Å². The van der Waals surface area contributed by atoms with Crippen LogP contribution in [-0.2, 0) is 4.74 Å². The predicted octanol–water partition coefficient (Wildman–Crippen LogP) is 3.26. The molecule has 0 aromatic rings. The molecule has 2 bridgehead atoms. The van der Waals surface area contributed by atoms with Gasteiger partial charge < -0.3 is 4.74 Å². The second kappa shape index (κ2) is 3.69. The lowest BCUT2D eigenvalue weighted by atomic mass is 9.70. The SMILES string of the molecule is CC1=C[C@@H](C)[C@H]2CO[C@H](C(C)C)[C@@H]1C2. The third kappa shape index (κ3) is 1.63. The molecule has 1 saturated heterocycles. The average molecular weight is 194 g/mol. The predicted molar refractivity (Wildman–Crippen MR) is 59.1 cm³/mol. The molecule has 1 aliphatic carbocycles. The number of allylic oxidation sites excluding steroid dienone is 1. The van der Waals surface area contributed by atoms with Gasteiger partial charge in [-0.3, -0.25) is 0 Å². The first-order valence-electron chi connectivity index (χ1n) is 5.89. The molecule has 0 aromatic heterocycles. The second-order valence-corrected chi connectivity index (χ2v) is 5.41. The minimum absolute atomic E-state index is 0.468. The lowest BCUT2D eigenvalue weighted by Crippen LogP contribution is -2.42. The van der Waals surface area contributed by atoms with Crippen molar-refractivity contribution in [3.63, 3.8) is 0 Å². The maximum Gasteiger partial charge on any atom is 0.0663 e. The van der Waals surface area contributed by atoms with Gasteiger partial charge in [0, 0.05) is 5.92 Å². The molecule has 0 spiro atoms. The molecule has 1 aliphatic heterocycles. The van der Waals surface area contributed by atoms with Crippen molar-refractivity contribution < 1.29 is 4.74 Å². The van der Waals surface area contributed by atoms with Gasteiger partial charge in [-0.1, -0.05) is 32.4 Å². The average Bonchev–Trinajstić information content (AvgIpc) is 2.14. The minimum atomic E-state index is 0.468. The van der Waals surface area contributed by atoms with Crippen LogP contribution in [-0.4, -0.2) is 12.7 Å². The van der Waals surface area contributed by atoms with Gasteiger partial charge in [-0.05, 0) is 31.1 Å². The molecule has 1 heterocycles. The summed E-state index contributed by atoms with van der Waals surface area (Å²) in [7, 11) is 0. The van der Waals surface area contributed by atoms with E-state index in [1.807, 2.05) is 0 Å². The Kier molecular flexibility index (Phi) is 2.70. The lowest BCUT2D eigenvalue weighted by Gasteiger charge is -2.44. The summed E-state index contributed by atoms with van der Waals surface area (Å²) in [5.74, 6) is 2.85. The fraction of sp³-hybridized carbons (Fsp3) is 0.846. The monoisotopic (exact) mass is 194 g/mol. The molecule has 0 unspecified atom stereocenters. The molecule has 0 N–H and O–H groups in total. The van der Waals surface area contributed by atoms with Crippen LogP contribution in [0, 0.1) is 23.7 Å². The number of hydrogen-bond donors (Lipinski definition) is 0. The zero-order valence-electron chi connectivity index (χ0n) is 9.79. The van der Waals surface area contributed by atoms with E-state index in [0.717, 1.165) is 18.4 Å². The van der Waals surface area contributed by atoms with Crippen LogP contribution in [0.15, 0.2) is 11.6 Å². The molecular weight excluding hydrogens is 172 g/mol. The zero-order chi connectivity index (χ0) is 10.3. The van der Waals surface area contributed by atoms with E-state index in [-0.39, 0.29) is 0 Å². The molecule has 80 valence electrons. The highest BCUT2D eigenvalue weighted by Crippen LogP contribution is 2.41. The summed E-state index contributed by atoms with van der Waals surface area (Å²) in [6.07, 6.45) is 4.29. The number of hydrogen-bond acceptors (Lipinski definition) is 1. The topological polar surface area (TPSA) is 9.23 Å². The molecule has 1 fully saturated rings. The molecule has 1 heteroatoms. The van der Waals surface area contributed by atoms with Gasteiger partial charge in [0.2, 0.25) is 0 Å². The summed E-state index contributed by atoms with van der Waals surface area (Å²) in [5.41, 5.74) is 1.56. The first-order valence-corrected chi connectivity index (χ1v) is 5.89. The van der Waals surface area contributed by atoms with Gasteiger partial charge in [0.1, 0.15) is 0 Å². The van der Waals surface area contributed by atoms with E-state index in [4.69, 9.17) is 4.74 Å². The lowest BCUT2D eigenvalue weighted by molar-refractivity contribution is -0.0808. The summed E-state index contributed by atoms with van der Waals surface area (Å²) in [6.45, 7) is 10.1. The van der Waals surface area contributed by atoms with Crippen LogP contribution in [0.2, 0.25) is 0 Å². The van der Waals surface area contributed by atoms with Crippen molar-refractivity contribution in [3.8, 4) is 0 Å². The maximum absolute atomic E-state index is 6.01. The van der Waals surface area contributed by atoms with Gasteiger partial charge in [-0.2, -0.15) is 0 Å². The summed E-state index contributed by atoms with van der Waals surface area (Å²) >= 11 is 0. The van der Waals surface area contributed by atoms with Gasteiger partial charge in [-0.25, -0.2) is 0 Å². The molecule has 0 radical (unpaired) electrons. The standard InChI is InChI=1S/C13H22O/c1-8(2)13-12-6-11(7-14-13)9(3)5-10(12)4/h5,8-9,11-13H,6-7H2,1-4H3/t9-,11-,12-,13-/m1/s1. The molecule has 2 aliphatic rings. The number of ether oxygens (including phenoxy) is 1. The van der Waals surface area contributed by atoms with Gasteiger partial charge in [-0.15, -0.1) is 0 Å².